The first-order valence-corrected chi connectivity index (χ1v) is 13.9. The normalized spacial score (nSPS) is 25.1. The Morgan fingerprint density at radius 3 is 2.31 bits per heavy atom. The van der Waals surface area contributed by atoms with Crippen molar-refractivity contribution in [3.05, 3.63) is 29.3 Å². The summed E-state index contributed by atoms with van der Waals surface area (Å²) in [5.74, 6) is 0.390. The van der Waals surface area contributed by atoms with E-state index in [1.165, 1.54) is 23.8 Å². The Morgan fingerprint density at radius 2 is 1.75 bits per heavy atom. The summed E-state index contributed by atoms with van der Waals surface area (Å²) < 4.78 is 12.9. The van der Waals surface area contributed by atoms with E-state index in [4.69, 9.17) is 9.47 Å². The molecular weight excluding hydrogens is 454 g/mol. The Hall–Kier alpha value is -2.37. The Bertz CT molecular complexity index is 954. The molecule has 3 rings (SSSR count). The molecule has 4 atom stereocenters. The SMILES string of the molecule is CCCCC(CC)c1ccc2c(c1)OC(C)(C)[C@H]1CCC(N(C(=O)CC)C(=O)CC)C[C@@]21OC(C)=O. The average molecular weight is 500 g/mol. The third-order valence-electron chi connectivity index (χ3n) is 8.27. The van der Waals surface area contributed by atoms with E-state index >= 15 is 0 Å². The number of rotatable bonds is 9. The summed E-state index contributed by atoms with van der Waals surface area (Å²) in [6.45, 7) is 13.6. The van der Waals surface area contributed by atoms with Crippen LogP contribution in [-0.4, -0.2) is 34.3 Å². The topological polar surface area (TPSA) is 72.9 Å². The summed E-state index contributed by atoms with van der Waals surface area (Å²) in [5.41, 5.74) is 0.559. The van der Waals surface area contributed by atoms with Crippen molar-refractivity contribution >= 4 is 17.8 Å². The third-order valence-corrected chi connectivity index (χ3v) is 8.27. The minimum absolute atomic E-state index is 0.0964. The fourth-order valence-corrected chi connectivity index (χ4v) is 6.56. The van der Waals surface area contributed by atoms with Crippen molar-refractivity contribution in [2.45, 2.75) is 129 Å². The number of hydrogen-bond acceptors (Lipinski definition) is 5. The van der Waals surface area contributed by atoms with Crippen LogP contribution in [0.5, 0.6) is 5.75 Å². The number of benzene rings is 1. The largest absolute Gasteiger partial charge is 0.487 e. The van der Waals surface area contributed by atoms with Gasteiger partial charge in [0.05, 0.1) is 0 Å². The van der Waals surface area contributed by atoms with Gasteiger partial charge in [-0.25, -0.2) is 0 Å². The minimum atomic E-state index is -0.963. The summed E-state index contributed by atoms with van der Waals surface area (Å²) in [7, 11) is 0. The zero-order chi connectivity index (χ0) is 26.7. The Kier molecular flexibility index (Phi) is 8.89. The van der Waals surface area contributed by atoms with Crippen LogP contribution in [0.15, 0.2) is 18.2 Å². The molecule has 1 aromatic carbocycles. The molecule has 200 valence electrons. The van der Waals surface area contributed by atoms with E-state index < -0.39 is 11.2 Å². The van der Waals surface area contributed by atoms with Gasteiger partial charge in [-0.05, 0) is 57.1 Å². The highest BCUT2D eigenvalue weighted by Gasteiger charge is 2.60. The molecule has 2 aliphatic rings. The number of esters is 1. The number of unbranched alkanes of at least 4 members (excludes halogenated alkanes) is 1. The van der Waals surface area contributed by atoms with E-state index in [9.17, 15) is 14.4 Å². The van der Waals surface area contributed by atoms with Crippen LogP contribution in [0.4, 0.5) is 0 Å². The molecule has 0 radical (unpaired) electrons. The van der Waals surface area contributed by atoms with E-state index in [1.807, 2.05) is 0 Å². The van der Waals surface area contributed by atoms with Gasteiger partial charge in [0.1, 0.15) is 17.0 Å². The maximum absolute atomic E-state index is 12.9. The van der Waals surface area contributed by atoms with Gasteiger partial charge in [0.15, 0.2) is 0 Å². The van der Waals surface area contributed by atoms with Gasteiger partial charge in [0.25, 0.3) is 0 Å². The van der Waals surface area contributed by atoms with Crippen molar-refractivity contribution < 1.29 is 23.9 Å². The Labute approximate surface area is 217 Å². The molecule has 6 heteroatoms. The lowest BCUT2D eigenvalue weighted by molar-refractivity contribution is -0.200. The fraction of sp³-hybridized carbons (Fsp3) is 0.700. The van der Waals surface area contributed by atoms with Crippen molar-refractivity contribution in [1.29, 1.82) is 0 Å². The lowest BCUT2D eigenvalue weighted by Gasteiger charge is -2.56. The summed E-state index contributed by atoms with van der Waals surface area (Å²) in [4.78, 5) is 39.8. The lowest BCUT2D eigenvalue weighted by atomic mass is 9.61. The summed E-state index contributed by atoms with van der Waals surface area (Å²) >= 11 is 0. The molecule has 36 heavy (non-hydrogen) atoms. The molecule has 6 nitrogen and oxygen atoms in total. The summed E-state index contributed by atoms with van der Waals surface area (Å²) in [6, 6.07) is 6.04. The standard InChI is InChI=1S/C30H45NO5/c1-8-12-13-21(9-2)22-14-16-24-25(18-22)36-29(6,7)26-17-15-23(19-30(24,26)35-20(5)32)31(27(33)10-3)28(34)11-4/h14,16,18,21,23,26H,8-13,15,17,19H2,1-7H3/t21?,23?,26-,30-/m1/s1. The lowest BCUT2D eigenvalue weighted by Crippen LogP contribution is -2.61. The van der Waals surface area contributed by atoms with Crippen LogP contribution >= 0.6 is 0 Å². The third kappa shape index (κ3) is 5.33. The van der Waals surface area contributed by atoms with Crippen LogP contribution in [0.25, 0.3) is 0 Å². The van der Waals surface area contributed by atoms with Gasteiger partial charge < -0.3 is 9.47 Å². The maximum atomic E-state index is 12.9. The van der Waals surface area contributed by atoms with E-state index in [0.29, 0.717) is 25.2 Å². The highest BCUT2D eigenvalue weighted by molar-refractivity contribution is 5.95. The molecule has 1 aromatic rings. The molecule has 0 aromatic heterocycles. The van der Waals surface area contributed by atoms with E-state index in [2.05, 4.69) is 45.9 Å². The first-order chi connectivity index (χ1) is 17.0. The number of fused-ring (bicyclic) bond motifs is 3. The molecule has 0 saturated heterocycles. The molecular formula is C30H45NO5. The summed E-state index contributed by atoms with van der Waals surface area (Å²) in [6.07, 6.45) is 6.78. The number of nitrogens with zero attached hydrogens (tertiary/aromatic N) is 1. The van der Waals surface area contributed by atoms with Crippen molar-refractivity contribution in [2.24, 2.45) is 5.92 Å². The van der Waals surface area contributed by atoms with Crippen LogP contribution in [0.1, 0.15) is 123 Å². The smallest absolute Gasteiger partial charge is 0.303 e. The van der Waals surface area contributed by atoms with Crippen LogP contribution in [-0.2, 0) is 24.7 Å². The van der Waals surface area contributed by atoms with Crippen LogP contribution < -0.4 is 4.74 Å². The number of carbonyl (C=O) groups is 3. The van der Waals surface area contributed by atoms with Gasteiger partial charge in [0.2, 0.25) is 11.8 Å². The second-order valence-electron chi connectivity index (χ2n) is 11.0. The number of hydrogen-bond donors (Lipinski definition) is 0. The van der Waals surface area contributed by atoms with Gasteiger partial charge in [-0.1, -0.05) is 52.7 Å². The number of imide groups is 1. The van der Waals surface area contributed by atoms with Gasteiger partial charge in [-0.15, -0.1) is 0 Å². The Morgan fingerprint density at radius 1 is 1.08 bits per heavy atom. The molecule has 0 bridgehead atoms. The van der Waals surface area contributed by atoms with E-state index in [1.54, 1.807) is 13.8 Å². The molecule has 0 N–H and O–H groups in total. The molecule has 1 aliphatic carbocycles. The highest BCUT2D eigenvalue weighted by atomic mass is 16.6. The van der Waals surface area contributed by atoms with E-state index in [0.717, 1.165) is 30.6 Å². The van der Waals surface area contributed by atoms with Gasteiger partial charge in [-0.3, -0.25) is 19.3 Å². The van der Waals surface area contributed by atoms with Gasteiger partial charge in [-0.2, -0.15) is 0 Å². The average Bonchev–Trinajstić information content (AvgIpc) is 2.83. The van der Waals surface area contributed by atoms with Crippen molar-refractivity contribution in [1.82, 2.24) is 4.90 Å². The molecule has 1 fully saturated rings. The van der Waals surface area contributed by atoms with Crippen LogP contribution in [0, 0.1) is 5.92 Å². The zero-order valence-electron chi connectivity index (χ0n) is 23.3. The van der Waals surface area contributed by atoms with Crippen molar-refractivity contribution in [2.75, 3.05) is 0 Å². The van der Waals surface area contributed by atoms with Crippen LogP contribution in [0.3, 0.4) is 0 Å². The molecule has 2 unspecified atom stereocenters. The quantitative estimate of drug-likeness (QED) is 0.356. The molecule has 1 saturated carbocycles. The molecule has 1 heterocycles. The summed E-state index contributed by atoms with van der Waals surface area (Å²) in [5, 5.41) is 0. The fourth-order valence-electron chi connectivity index (χ4n) is 6.56. The first kappa shape index (κ1) is 28.2. The van der Waals surface area contributed by atoms with Crippen molar-refractivity contribution in [3.63, 3.8) is 0 Å². The number of amides is 2. The predicted molar refractivity (Wildman–Crippen MR) is 141 cm³/mol. The predicted octanol–water partition coefficient (Wildman–Crippen LogP) is 6.64. The van der Waals surface area contributed by atoms with Gasteiger partial charge in [0, 0.05) is 43.7 Å². The van der Waals surface area contributed by atoms with E-state index in [-0.39, 0.29) is 42.6 Å². The highest BCUT2D eigenvalue weighted by Crippen LogP contribution is 2.57. The molecule has 1 aliphatic heterocycles. The van der Waals surface area contributed by atoms with Crippen LogP contribution in [0.2, 0.25) is 0 Å². The number of ether oxygens (including phenoxy) is 2. The first-order valence-electron chi connectivity index (χ1n) is 13.9. The monoisotopic (exact) mass is 499 g/mol. The molecule has 2 amide bonds. The molecule has 0 spiro atoms. The second kappa shape index (κ2) is 11.4. The van der Waals surface area contributed by atoms with Gasteiger partial charge >= 0.3 is 5.97 Å². The second-order valence-corrected chi connectivity index (χ2v) is 11.0. The Balaban J connectivity index is 2.13. The maximum Gasteiger partial charge on any atom is 0.303 e. The zero-order valence-corrected chi connectivity index (χ0v) is 23.3. The number of carbonyl (C=O) groups excluding carboxylic acids is 3. The van der Waals surface area contributed by atoms with Crippen molar-refractivity contribution in [3.8, 4) is 5.75 Å². The minimum Gasteiger partial charge on any atom is -0.487 e.